The van der Waals surface area contributed by atoms with E-state index in [1.165, 1.54) is 16.5 Å². The normalized spacial score (nSPS) is 11.6. The molecule has 0 radical (unpaired) electrons. The minimum atomic E-state index is 0.903. The third-order valence-electron chi connectivity index (χ3n) is 3.85. The van der Waals surface area contributed by atoms with E-state index < -0.39 is 0 Å². The van der Waals surface area contributed by atoms with Crippen molar-refractivity contribution in [3.63, 3.8) is 0 Å². The largest absolute Gasteiger partial charge is 0.360 e. The number of pyridine rings is 1. The average Bonchev–Trinajstić information content (AvgIpc) is 3.06. The van der Waals surface area contributed by atoms with Gasteiger partial charge in [-0.3, -0.25) is 0 Å². The second-order valence-electron chi connectivity index (χ2n) is 5.29. The molecule has 104 valence electrons. The van der Waals surface area contributed by atoms with Gasteiger partial charge in [-0.15, -0.1) is 0 Å². The first-order valence-electron chi connectivity index (χ1n) is 6.71. The second-order valence-corrected chi connectivity index (χ2v) is 6.14. The Hall–Kier alpha value is -2.14. The number of benzene rings is 1. The molecular weight excluding hydrogens is 328 g/mol. The maximum absolute atomic E-state index is 4.27. The van der Waals surface area contributed by atoms with Gasteiger partial charge in [-0.05, 0) is 64.7 Å². The number of aromatic amines is 1. The Morgan fingerprint density at radius 2 is 2.00 bits per heavy atom. The molecule has 0 amide bonds. The predicted molar refractivity (Wildman–Crippen MR) is 87.5 cm³/mol. The van der Waals surface area contributed by atoms with Crippen LogP contribution in [0, 0.1) is 13.8 Å². The van der Waals surface area contributed by atoms with Gasteiger partial charge in [0.25, 0.3) is 0 Å². The van der Waals surface area contributed by atoms with Gasteiger partial charge in [0.2, 0.25) is 0 Å². The van der Waals surface area contributed by atoms with Crippen LogP contribution in [0.2, 0.25) is 0 Å². The first-order chi connectivity index (χ1) is 10.1. The Labute approximate surface area is 130 Å². The highest BCUT2D eigenvalue weighted by Crippen LogP contribution is 2.32. The number of aryl methyl sites for hydroxylation is 2. The molecule has 0 bridgehead atoms. The van der Waals surface area contributed by atoms with E-state index in [-0.39, 0.29) is 0 Å². The van der Waals surface area contributed by atoms with Gasteiger partial charge in [0.05, 0.1) is 0 Å². The molecule has 0 unspecified atom stereocenters. The third kappa shape index (κ3) is 1.88. The molecule has 0 atom stereocenters. The van der Waals surface area contributed by atoms with Crippen LogP contribution in [0.25, 0.3) is 27.7 Å². The van der Waals surface area contributed by atoms with Gasteiger partial charge in [0.1, 0.15) is 6.33 Å². The second kappa shape index (κ2) is 4.43. The number of H-pyrrole nitrogens is 1. The van der Waals surface area contributed by atoms with Crippen LogP contribution in [0.3, 0.4) is 0 Å². The zero-order chi connectivity index (χ0) is 14.6. The fourth-order valence-electron chi connectivity index (χ4n) is 2.80. The van der Waals surface area contributed by atoms with Crippen molar-refractivity contribution in [2.24, 2.45) is 0 Å². The van der Waals surface area contributed by atoms with Crippen molar-refractivity contribution in [1.29, 1.82) is 0 Å². The summed E-state index contributed by atoms with van der Waals surface area (Å²) in [6.07, 6.45) is 5.59. The van der Waals surface area contributed by atoms with Crippen LogP contribution in [0.5, 0.6) is 0 Å². The molecule has 1 N–H and O–H groups in total. The number of rotatable bonds is 1. The van der Waals surface area contributed by atoms with Crippen LogP contribution in [-0.2, 0) is 0 Å². The summed E-state index contributed by atoms with van der Waals surface area (Å²) in [6, 6.07) is 6.55. The van der Waals surface area contributed by atoms with Crippen molar-refractivity contribution < 1.29 is 0 Å². The summed E-state index contributed by atoms with van der Waals surface area (Å²) in [5.74, 6) is 0. The lowest BCUT2D eigenvalue weighted by Gasteiger charge is -2.09. The molecule has 0 aliphatic heterocycles. The van der Waals surface area contributed by atoms with E-state index in [4.69, 9.17) is 0 Å². The number of hydrogen-bond acceptors (Lipinski definition) is 2. The molecule has 4 nitrogen and oxygen atoms in total. The summed E-state index contributed by atoms with van der Waals surface area (Å²) in [5.41, 5.74) is 6.74. The molecule has 0 fully saturated rings. The van der Waals surface area contributed by atoms with Crippen molar-refractivity contribution in [3.8, 4) is 11.1 Å². The van der Waals surface area contributed by atoms with E-state index in [1.54, 1.807) is 6.33 Å². The summed E-state index contributed by atoms with van der Waals surface area (Å²) >= 11 is 3.57. The molecule has 0 aliphatic rings. The van der Waals surface area contributed by atoms with E-state index in [9.17, 15) is 0 Å². The van der Waals surface area contributed by atoms with Gasteiger partial charge < -0.3 is 4.98 Å². The lowest BCUT2D eigenvalue weighted by molar-refractivity contribution is 0.957. The molecular formula is C16H13BrN4. The molecule has 0 saturated carbocycles. The average molecular weight is 341 g/mol. The highest BCUT2D eigenvalue weighted by molar-refractivity contribution is 9.10. The zero-order valence-electron chi connectivity index (χ0n) is 11.7. The van der Waals surface area contributed by atoms with E-state index in [0.29, 0.717) is 0 Å². The van der Waals surface area contributed by atoms with E-state index in [0.717, 1.165) is 26.8 Å². The van der Waals surface area contributed by atoms with Crippen LogP contribution in [0.15, 0.2) is 41.4 Å². The Morgan fingerprint density at radius 3 is 2.86 bits per heavy atom. The number of hydrogen-bond donors (Lipinski definition) is 1. The van der Waals surface area contributed by atoms with Gasteiger partial charge in [0, 0.05) is 33.3 Å². The van der Waals surface area contributed by atoms with Crippen molar-refractivity contribution in [2.45, 2.75) is 13.8 Å². The van der Waals surface area contributed by atoms with Gasteiger partial charge in [-0.1, -0.05) is 0 Å². The molecule has 0 saturated heterocycles. The van der Waals surface area contributed by atoms with Crippen LogP contribution >= 0.6 is 15.9 Å². The molecule has 21 heavy (non-hydrogen) atoms. The van der Waals surface area contributed by atoms with E-state index in [1.807, 2.05) is 16.9 Å². The molecule has 5 heteroatoms. The highest BCUT2D eigenvalue weighted by atomic mass is 79.9. The molecule has 0 aliphatic carbocycles. The quantitative estimate of drug-likeness (QED) is 0.562. The fourth-order valence-corrected chi connectivity index (χ4v) is 3.24. The molecule has 3 aromatic heterocycles. The first-order valence-corrected chi connectivity index (χ1v) is 7.50. The van der Waals surface area contributed by atoms with E-state index >= 15 is 0 Å². The van der Waals surface area contributed by atoms with Gasteiger partial charge in [-0.2, -0.15) is 5.10 Å². The Bertz CT molecular complexity index is 981. The van der Waals surface area contributed by atoms with Gasteiger partial charge in [0.15, 0.2) is 5.65 Å². The standard InChI is InChI=1S/C16H13BrN4/c1-9-4-13-14(17)6-18-15(13)5-12(9)11-3-10(2)16-19-8-20-21(16)7-11/h3-8,18H,1-2H3. The molecule has 1 aromatic carbocycles. The third-order valence-corrected chi connectivity index (χ3v) is 4.50. The molecule has 3 heterocycles. The molecule has 0 spiro atoms. The number of halogens is 1. The zero-order valence-corrected chi connectivity index (χ0v) is 13.3. The number of fused-ring (bicyclic) bond motifs is 2. The number of nitrogens with zero attached hydrogens (tertiary/aromatic N) is 3. The maximum atomic E-state index is 4.27. The van der Waals surface area contributed by atoms with E-state index in [2.05, 4.69) is 63.0 Å². The van der Waals surface area contributed by atoms with Crippen LogP contribution in [0.1, 0.15) is 11.1 Å². The highest BCUT2D eigenvalue weighted by Gasteiger charge is 2.10. The van der Waals surface area contributed by atoms with Crippen LogP contribution in [-0.4, -0.2) is 19.6 Å². The van der Waals surface area contributed by atoms with Gasteiger partial charge >= 0.3 is 0 Å². The number of nitrogens with one attached hydrogen (secondary N) is 1. The Morgan fingerprint density at radius 1 is 1.14 bits per heavy atom. The molecule has 4 rings (SSSR count). The van der Waals surface area contributed by atoms with Crippen LogP contribution in [0.4, 0.5) is 0 Å². The Kier molecular flexibility index (Phi) is 2.65. The minimum Gasteiger partial charge on any atom is -0.360 e. The topological polar surface area (TPSA) is 46.0 Å². The van der Waals surface area contributed by atoms with Crippen molar-refractivity contribution >= 4 is 32.5 Å². The monoisotopic (exact) mass is 340 g/mol. The summed E-state index contributed by atoms with van der Waals surface area (Å²) in [7, 11) is 0. The van der Waals surface area contributed by atoms with Crippen LogP contribution < -0.4 is 0 Å². The minimum absolute atomic E-state index is 0.903. The molecule has 4 aromatic rings. The Balaban J connectivity index is 2.00. The van der Waals surface area contributed by atoms with Crippen molar-refractivity contribution in [3.05, 3.63) is 52.5 Å². The smallest absolute Gasteiger partial charge is 0.158 e. The lowest BCUT2D eigenvalue weighted by Crippen LogP contribution is -1.93. The van der Waals surface area contributed by atoms with Crippen molar-refractivity contribution in [2.75, 3.05) is 0 Å². The fraction of sp³-hybridized carbons (Fsp3) is 0.125. The SMILES string of the molecule is Cc1cc2c(Br)c[nH]c2cc1-c1cc(C)c2ncnn2c1. The summed E-state index contributed by atoms with van der Waals surface area (Å²) < 4.78 is 2.92. The summed E-state index contributed by atoms with van der Waals surface area (Å²) in [6.45, 7) is 4.20. The lowest BCUT2D eigenvalue weighted by atomic mass is 9.99. The van der Waals surface area contributed by atoms with Gasteiger partial charge in [-0.25, -0.2) is 9.50 Å². The summed E-state index contributed by atoms with van der Waals surface area (Å²) in [5, 5.41) is 5.46. The summed E-state index contributed by atoms with van der Waals surface area (Å²) in [4.78, 5) is 7.56. The van der Waals surface area contributed by atoms with Crippen molar-refractivity contribution in [1.82, 2.24) is 19.6 Å². The predicted octanol–water partition coefficient (Wildman–Crippen LogP) is 4.26. The number of aromatic nitrogens is 4. The first kappa shape index (κ1) is 12.6. The maximum Gasteiger partial charge on any atom is 0.158 e.